The molecule has 0 radical (unpaired) electrons. The molecule has 1 saturated carbocycles. The summed E-state index contributed by atoms with van der Waals surface area (Å²) in [7, 11) is 0. The van der Waals surface area contributed by atoms with Crippen LogP contribution in [0.5, 0.6) is 5.75 Å². The Morgan fingerprint density at radius 3 is 2.83 bits per heavy atom. The van der Waals surface area contributed by atoms with Crippen molar-refractivity contribution >= 4 is 17.3 Å². The molecule has 0 spiro atoms. The summed E-state index contributed by atoms with van der Waals surface area (Å²) in [6, 6.07) is 9.19. The highest BCUT2D eigenvalue weighted by molar-refractivity contribution is 5.92. The van der Waals surface area contributed by atoms with Gasteiger partial charge in [-0.05, 0) is 56.6 Å². The first kappa shape index (κ1) is 20.4. The smallest absolute Gasteiger partial charge is 0.268 e. The van der Waals surface area contributed by atoms with Crippen molar-refractivity contribution in [2.75, 3.05) is 29.9 Å². The van der Waals surface area contributed by atoms with Crippen molar-refractivity contribution in [1.82, 2.24) is 9.78 Å². The number of benzene rings is 1. The molecule has 0 bridgehead atoms. The quantitative estimate of drug-likeness (QED) is 0.723. The van der Waals surface area contributed by atoms with Crippen LogP contribution in [-0.4, -0.2) is 35.4 Å². The number of nitrogens with zero attached hydrogens (tertiary/aromatic N) is 3. The number of ether oxygens (including phenoxy) is 1. The van der Waals surface area contributed by atoms with Crippen LogP contribution >= 0.6 is 0 Å². The second-order valence-electron chi connectivity index (χ2n) is 8.31. The summed E-state index contributed by atoms with van der Waals surface area (Å²) >= 11 is 0. The van der Waals surface area contributed by atoms with Gasteiger partial charge in [0.15, 0.2) is 0 Å². The van der Waals surface area contributed by atoms with E-state index in [9.17, 15) is 9.59 Å². The Morgan fingerprint density at radius 1 is 1.23 bits per heavy atom. The van der Waals surface area contributed by atoms with E-state index in [0.717, 1.165) is 38.2 Å². The Labute approximate surface area is 177 Å². The molecule has 1 aromatic heterocycles. The van der Waals surface area contributed by atoms with Gasteiger partial charge in [0.2, 0.25) is 5.91 Å². The van der Waals surface area contributed by atoms with E-state index < -0.39 is 0 Å². The Morgan fingerprint density at radius 2 is 2.07 bits per heavy atom. The van der Waals surface area contributed by atoms with Crippen LogP contribution in [-0.2, 0) is 11.3 Å². The number of piperidine rings is 1. The van der Waals surface area contributed by atoms with E-state index in [1.54, 1.807) is 16.9 Å². The van der Waals surface area contributed by atoms with E-state index in [2.05, 4.69) is 15.3 Å². The van der Waals surface area contributed by atoms with E-state index in [4.69, 9.17) is 4.74 Å². The second kappa shape index (κ2) is 9.32. The lowest BCUT2D eigenvalue weighted by molar-refractivity contribution is -0.117. The third-order valence-electron chi connectivity index (χ3n) is 5.80. The monoisotopic (exact) mass is 410 g/mol. The van der Waals surface area contributed by atoms with Gasteiger partial charge in [0.25, 0.3) is 5.56 Å². The Bertz CT molecular complexity index is 938. The standard InChI is InChI=1S/C23H30N4O3/c1-2-30-21-8-4-3-7-20(21)25-22(28)12-18-6-5-11-26(15-18)19-13-23(29)27(24-14-19)16-17-9-10-17/h3-4,7-8,13-14,17-18H,2,5-6,9-12,15-16H2,1H3,(H,25,28). The van der Waals surface area contributed by atoms with Crippen LogP contribution in [0.3, 0.4) is 0 Å². The molecule has 7 heteroatoms. The molecule has 2 aromatic rings. The minimum atomic E-state index is -0.0354. The molecule has 160 valence electrons. The van der Waals surface area contributed by atoms with Crippen molar-refractivity contribution in [2.45, 2.75) is 45.6 Å². The lowest BCUT2D eigenvalue weighted by atomic mass is 9.94. The molecule has 30 heavy (non-hydrogen) atoms. The van der Waals surface area contributed by atoms with Crippen molar-refractivity contribution in [3.63, 3.8) is 0 Å². The minimum absolute atomic E-state index is 0.00743. The van der Waals surface area contributed by atoms with Gasteiger partial charge in [0.05, 0.1) is 24.2 Å². The summed E-state index contributed by atoms with van der Waals surface area (Å²) in [5, 5.41) is 7.36. The van der Waals surface area contributed by atoms with Gasteiger partial charge in [-0.3, -0.25) is 9.59 Å². The average Bonchev–Trinajstić information content (AvgIpc) is 3.55. The van der Waals surface area contributed by atoms with Gasteiger partial charge in [0, 0.05) is 32.1 Å². The summed E-state index contributed by atoms with van der Waals surface area (Å²) in [6.07, 6.45) is 6.64. The number of amides is 1. The summed E-state index contributed by atoms with van der Waals surface area (Å²) in [4.78, 5) is 27.2. The highest BCUT2D eigenvalue weighted by atomic mass is 16.5. The zero-order valence-electron chi connectivity index (χ0n) is 17.5. The lowest BCUT2D eigenvalue weighted by Crippen LogP contribution is -2.38. The third-order valence-corrected chi connectivity index (χ3v) is 5.80. The number of nitrogens with one attached hydrogen (secondary N) is 1. The van der Waals surface area contributed by atoms with Gasteiger partial charge in [0.1, 0.15) is 5.75 Å². The summed E-state index contributed by atoms with van der Waals surface area (Å²) in [6.45, 7) is 4.85. The zero-order valence-corrected chi connectivity index (χ0v) is 17.5. The lowest BCUT2D eigenvalue weighted by Gasteiger charge is -2.34. The van der Waals surface area contributed by atoms with E-state index in [-0.39, 0.29) is 17.4 Å². The number of hydrogen-bond donors (Lipinski definition) is 1. The van der Waals surface area contributed by atoms with Crippen LogP contribution < -0.4 is 20.5 Å². The second-order valence-corrected chi connectivity index (χ2v) is 8.31. The van der Waals surface area contributed by atoms with Gasteiger partial charge in [-0.2, -0.15) is 5.10 Å². The largest absolute Gasteiger partial charge is 0.492 e. The predicted octanol–water partition coefficient (Wildman–Crippen LogP) is 3.30. The van der Waals surface area contributed by atoms with Gasteiger partial charge >= 0.3 is 0 Å². The normalized spacial score (nSPS) is 18.8. The number of carbonyl (C=O) groups is 1. The topological polar surface area (TPSA) is 76.5 Å². The molecule has 1 atom stereocenters. The van der Waals surface area contributed by atoms with Crippen molar-refractivity contribution < 1.29 is 9.53 Å². The first-order valence-corrected chi connectivity index (χ1v) is 11.0. The fraction of sp³-hybridized carbons (Fsp3) is 0.522. The van der Waals surface area contributed by atoms with E-state index >= 15 is 0 Å². The molecule has 7 nitrogen and oxygen atoms in total. The highest BCUT2D eigenvalue weighted by Crippen LogP contribution is 2.30. The molecule has 1 amide bonds. The van der Waals surface area contributed by atoms with Crippen LogP contribution in [0.15, 0.2) is 41.3 Å². The van der Waals surface area contributed by atoms with Gasteiger partial charge in [-0.1, -0.05) is 12.1 Å². The maximum atomic E-state index is 12.6. The molecule has 1 N–H and O–H groups in total. The van der Waals surface area contributed by atoms with Crippen molar-refractivity contribution in [1.29, 1.82) is 0 Å². The molecule has 1 aromatic carbocycles. The molecular weight excluding hydrogens is 380 g/mol. The summed E-state index contributed by atoms with van der Waals surface area (Å²) in [5.74, 6) is 1.54. The fourth-order valence-electron chi connectivity index (χ4n) is 4.06. The molecule has 1 aliphatic heterocycles. The Kier molecular flexibility index (Phi) is 6.35. The van der Waals surface area contributed by atoms with Gasteiger partial charge in [-0.15, -0.1) is 0 Å². The number of aromatic nitrogens is 2. The molecule has 2 heterocycles. The molecular formula is C23H30N4O3. The van der Waals surface area contributed by atoms with Crippen molar-refractivity contribution in [3.05, 3.63) is 46.9 Å². The van der Waals surface area contributed by atoms with Crippen LogP contribution in [0, 0.1) is 11.8 Å². The van der Waals surface area contributed by atoms with Gasteiger partial charge < -0.3 is 15.0 Å². The van der Waals surface area contributed by atoms with Crippen molar-refractivity contribution in [2.24, 2.45) is 11.8 Å². The molecule has 1 unspecified atom stereocenters. The number of hydrogen-bond acceptors (Lipinski definition) is 5. The molecule has 4 rings (SSSR count). The first-order chi connectivity index (χ1) is 14.6. The number of rotatable bonds is 8. The highest BCUT2D eigenvalue weighted by Gasteiger charge is 2.25. The maximum absolute atomic E-state index is 12.6. The minimum Gasteiger partial charge on any atom is -0.492 e. The predicted molar refractivity (Wildman–Crippen MR) is 117 cm³/mol. The van der Waals surface area contributed by atoms with E-state index in [1.807, 2.05) is 31.2 Å². The third kappa shape index (κ3) is 5.20. The molecule has 2 aliphatic rings. The molecule has 2 fully saturated rings. The van der Waals surface area contributed by atoms with Crippen LogP contribution in [0.25, 0.3) is 0 Å². The fourth-order valence-corrected chi connectivity index (χ4v) is 4.06. The number of anilines is 2. The van der Waals surface area contributed by atoms with E-state index in [1.165, 1.54) is 12.8 Å². The Balaban J connectivity index is 1.35. The van der Waals surface area contributed by atoms with Crippen molar-refractivity contribution in [3.8, 4) is 5.75 Å². The summed E-state index contributed by atoms with van der Waals surface area (Å²) in [5.41, 5.74) is 1.53. The average molecular weight is 411 g/mol. The van der Waals surface area contributed by atoms with Gasteiger partial charge in [-0.25, -0.2) is 4.68 Å². The SMILES string of the molecule is CCOc1ccccc1NC(=O)CC1CCCN(c2cnn(CC3CC3)c(=O)c2)C1. The molecule has 1 aliphatic carbocycles. The summed E-state index contributed by atoms with van der Waals surface area (Å²) < 4.78 is 7.17. The van der Waals surface area contributed by atoms with Crippen LogP contribution in [0.4, 0.5) is 11.4 Å². The van der Waals surface area contributed by atoms with Crippen LogP contribution in [0.1, 0.15) is 39.0 Å². The Hall–Kier alpha value is -2.83. The molecule has 1 saturated heterocycles. The first-order valence-electron chi connectivity index (χ1n) is 11.0. The van der Waals surface area contributed by atoms with E-state index in [0.29, 0.717) is 30.4 Å². The van der Waals surface area contributed by atoms with Crippen LogP contribution in [0.2, 0.25) is 0 Å². The number of carbonyl (C=O) groups excluding carboxylic acids is 1. The zero-order chi connectivity index (χ0) is 20.9. The maximum Gasteiger partial charge on any atom is 0.268 e. The number of para-hydroxylation sites is 2.